The molecule has 30 heavy (non-hydrogen) atoms. The van der Waals surface area contributed by atoms with Gasteiger partial charge in [-0.2, -0.15) is 5.01 Å². The lowest BCUT2D eigenvalue weighted by Crippen LogP contribution is -2.98. The minimum Gasteiger partial charge on any atom is -0.378 e. The van der Waals surface area contributed by atoms with E-state index in [1.165, 1.54) is 6.92 Å². The Morgan fingerprint density at radius 3 is 2.77 bits per heavy atom. The van der Waals surface area contributed by atoms with Crippen LogP contribution < -0.4 is 26.2 Å². The van der Waals surface area contributed by atoms with Gasteiger partial charge in [-0.15, -0.1) is 5.53 Å². The van der Waals surface area contributed by atoms with Crippen LogP contribution in [0.1, 0.15) is 23.0 Å². The number of carbonyl (C=O) groups excluding carboxylic acids is 2. The molecular formula is C20H24N7O3+. The van der Waals surface area contributed by atoms with Crippen LogP contribution in [0, 0.1) is 6.92 Å². The SMILES string of the molecule is CC(=O)C1=CN(c2cc(NC(=O)c3ccnc(N4CCOCC4)c3)cnc2C)[NH2+]N1. The average Bonchev–Trinajstić information content (AvgIpc) is 3.26. The lowest BCUT2D eigenvalue weighted by atomic mass is 10.2. The maximum absolute atomic E-state index is 12.8. The first-order chi connectivity index (χ1) is 14.5. The van der Waals surface area contributed by atoms with Crippen molar-refractivity contribution in [2.24, 2.45) is 0 Å². The molecule has 2 aliphatic heterocycles. The van der Waals surface area contributed by atoms with Crippen molar-refractivity contribution >= 4 is 28.9 Å². The summed E-state index contributed by atoms with van der Waals surface area (Å²) >= 11 is 0. The van der Waals surface area contributed by atoms with Crippen molar-refractivity contribution in [3.8, 4) is 0 Å². The second kappa shape index (κ2) is 8.47. The van der Waals surface area contributed by atoms with Gasteiger partial charge in [-0.05, 0) is 25.1 Å². The second-order valence-corrected chi connectivity index (χ2v) is 7.06. The number of amides is 1. The molecule has 1 amide bonds. The molecule has 1 fully saturated rings. The number of morpholine rings is 1. The zero-order valence-electron chi connectivity index (χ0n) is 16.9. The van der Waals surface area contributed by atoms with Crippen LogP contribution in [0.15, 0.2) is 42.5 Å². The monoisotopic (exact) mass is 410 g/mol. The second-order valence-electron chi connectivity index (χ2n) is 7.06. The van der Waals surface area contributed by atoms with Crippen LogP contribution in [-0.4, -0.2) is 48.0 Å². The fraction of sp³-hybridized carbons (Fsp3) is 0.300. The summed E-state index contributed by atoms with van der Waals surface area (Å²) in [6.45, 7) is 6.17. The van der Waals surface area contributed by atoms with Gasteiger partial charge in [-0.25, -0.2) is 10.4 Å². The number of ketones is 1. The molecule has 2 aromatic rings. The molecule has 4 N–H and O–H groups in total. The Kier molecular flexibility index (Phi) is 5.59. The Hall–Kier alpha value is -3.50. The van der Waals surface area contributed by atoms with Crippen LogP contribution >= 0.6 is 0 Å². The van der Waals surface area contributed by atoms with Gasteiger partial charge in [0.1, 0.15) is 11.5 Å². The van der Waals surface area contributed by atoms with Crippen molar-refractivity contribution in [2.75, 3.05) is 41.5 Å². The molecule has 4 heterocycles. The van der Waals surface area contributed by atoms with E-state index in [0.717, 1.165) is 30.3 Å². The molecule has 1 saturated heterocycles. The molecule has 0 bridgehead atoms. The Bertz CT molecular complexity index is 1000. The molecule has 2 aromatic heterocycles. The first kappa shape index (κ1) is 19.8. The van der Waals surface area contributed by atoms with Gasteiger partial charge in [0.05, 0.1) is 37.0 Å². The van der Waals surface area contributed by atoms with Crippen LogP contribution in [0.5, 0.6) is 0 Å². The molecular weight excluding hydrogens is 386 g/mol. The summed E-state index contributed by atoms with van der Waals surface area (Å²) in [5.41, 5.74) is 7.72. The van der Waals surface area contributed by atoms with Crippen molar-refractivity contribution in [1.29, 1.82) is 0 Å². The zero-order valence-corrected chi connectivity index (χ0v) is 16.9. The molecule has 0 aliphatic carbocycles. The Balaban J connectivity index is 1.51. The Morgan fingerprint density at radius 2 is 2.03 bits per heavy atom. The molecule has 0 unspecified atom stereocenters. The van der Waals surface area contributed by atoms with Gasteiger partial charge in [0.2, 0.25) is 0 Å². The third-order valence-corrected chi connectivity index (χ3v) is 4.95. The van der Waals surface area contributed by atoms with E-state index in [2.05, 4.69) is 25.6 Å². The maximum atomic E-state index is 12.8. The summed E-state index contributed by atoms with van der Waals surface area (Å²) in [4.78, 5) is 35.2. The first-order valence-electron chi connectivity index (χ1n) is 9.69. The summed E-state index contributed by atoms with van der Waals surface area (Å²) in [7, 11) is 0. The van der Waals surface area contributed by atoms with Gasteiger partial charge in [0.25, 0.3) is 5.91 Å². The summed E-state index contributed by atoms with van der Waals surface area (Å²) in [5.74, 6) is 0.456. The number of nitrogens with two attached hydrogens (primary N) is 1. The number of Topliss-reactive ketones (excluding diaryl/α,β-unsaturated/α-hetero) is 1. The van der Waals surface area contributed by atoms with Crippen molar-refractivity contribution in [3.63, 3.8) is 0 Å². The maximum Gasteiger partial charge on any atom is 0.255 e. The zero-order chi connectivity index (χ0) is 21.1. The summed E-state index contributed by atoms with van der Waals surface area (Å²) in [6, 6.07) is 5.28. The van der Waals surface area contributed by atoms with Crippen LogP contribution in [0.2, 0.25) is 0 Å². The number of rotatable bonds is 5. The topological polar surface area (TPSA) is 116 Å². The molecule has 4 rings (SSSR count). The van der Waals surface area contributed by atoms with Crippen LogP contribution in [0.3, 0.4) is 0 Å². The average molecular weight is 410 g/mol. The highest BCUT2D eigenvalue weighted by molar-refractivity contribution is 6.04. The quantitative estimate of drug-likeness (QED) is 0.595. The highest BCUT2D eigenvalue weighted by Gasteiger charge is 2.22. The minimum atomic E-state index is -0.244. The number of allylic oxidation sites excluding steroid dienone is 1. The van der Waals surface area contributed by atoms with E-state index in [1.807, 2.05) is 13.0 Å². The number of pyridine rings is 2. The van der Waals surface area contributed by atoms with Crippen molar-refractivity contribution in [3.05, 3.63) is 53.7 Å². The number of anilines is 3. The number of hydrogen-bond donors (Lipinski definition) is 3. The van der Waals surface area contributed by atoms with Crippen LogP contribution in [-0.2, 0) is 9.53 Å². The van der Waals surface area contributed by atoms with Gasteiger partial charge in [0, 0.05) is 31.8 Å². The fourth-order valence-corrected chi connectivity index (χ4v) is 3.26. The molecule has 0 aromatic carbocycles. The molecule has 0 saturated carbocycles. The van der Waals surface area contributed by atoms with E-state index in [0.29, 0.717) is 30.2 Å². The summed E-state index contributed by atoms with van der Waals surface area (Å²) in [5, 5.41) is 4.67. The summed E-state index contributed by atoms with van der Waals surface area (Å²) in [6.07, 6.45) is 4.95. The van der Waals surface area contributed by atoms with E-state index in [1.54, 1.807) is 41.3 Å². The van der Waals surface area contributed by atoms with E-state index >= 15 is 0 Å². The standard InChI is InChI=1S/C20H23N7O3/c1-13-18(27-12-17(14(2)28)24-25-27)10-16(11-22-13)23-20(29)15-3-4-21-19(9-15)26-5-7-30-8-6-26/h3-4,9-12,24-25H,5-8H2,1-2H3,(H,23,29)/p+1. The smallest absolute Gasteiger partial charge is 0.255 e. The Morgan fingerprint density at radius 1 is 1.23 bits per heavy atom. The molecule has 0 spiro atoms. The number of aryl methyl sites for hydroxylation is 1. The van der Waals surface area contributed by atoms with Crippen LogP contribution in [0.4, 0.5) is 17.2 Å². The predicted octanol–water partition coefficient (Wildman–Crippen LogP) is 0.107. The van der Waals surface area contributed by atoms with Gasteiger partial charge in [-0.1, -0.05) is 0 Å². The molecule has 156 valence electrons. The molecule has 2 aliphatic rings. The molecule has 0 radical (unpaired) electrons. The summed E-state index contributed by atoms with van der Waals surface area (Å²) < 4.78 is 5.37. The third-order valence-electron chi connectivity index (χ3n) is 4.95. The molecule has 0 atom stereocenters. The number of aromatic nitrogens is 2. The van der Waals surface area contributed by atoms with E-state index in [-0.39, 0.29) is 11.7 Å². The number of carbonyl (C=O) groups is 2. The lowest BCUT2D eigenvalue weighted by molar-refractivity contribution is -0.699. The van der Waals surface area contributed by atoms with Crippen molar-refractivity contribution < 1.29 is 19.9 Å². The third kappa shape index (κ3) is 4.24. The van der Waals surface area contributed by atoms with Gasteiger partial charge < -0.3 is 15.0 Å². The van der Waals surface area contributed by atoms with Crippen molar-refractivity contribution in [2.45, 2.75) is 13.8 Å². The van der Waals surface area contributed by atoms with Gasteiger partial charge in [0.15, 0.2) is 11.5 Å². The highest BCUT2D eigenvalue weighted by Crippen LogP contribution is 2.22. The van der Waals surface area contributed by atoms with Gasteiger partial charge >= 0.3 is 0 Å². The van der Waals surface area contributed by atoms with E-state index in [9.17, 15) is 9.59 Å². The van der Waals surface area contributed by atoms with E-state index in [4.69, 9.17) is 4.74 Å². The highest BCUT2D eigenvalue weighted by atomic mass is 16.5. The van der Waals surface area contributed by atoms with E-state index < -0.39 is 0 Å². The lowest BCUT2D eigenvalue weighted by Gasteiger charge is -2.27. The van der Waals surface area contributed by atoms with Crippen molar-refractivity contribution in [1.82, 2.24) is 15.4 Å². The molecule has 10 nitrogen and oxygen atoms in total. The number of nitrogens with zero attached hydrogens (tertiary/aromatic N) is 4. The number of hydrogen-bond acceptors (Lipinski definition) is 8. The number of ether oxygens (including phenoxy) is 1. The minimum absolute atomic E-state index is 0.0578. The van der Waals surface area contributed by atoms with Gasteiger partial charge in [-0.3, -0.25) is 14.6 Å². The predicted molar refractivity (Wildman–Crippen MR) is 111 cm³/mol. The fourth-order valence-electron chi connectivity index (χ4n) is 3.26. The number of quaternary nitrogens is 1. The normalized spacial score (nSPS) is 16.1. The molecule has 10 heteroatoms. The first-order valence-corrected chi connectivity index (χ1v) is 9.69. The van der Waals surface area contributed by atoms with Crippen LogP contribution in [0.25, 0.3) is 0 Å². The number of nitrogens with one attached hydrogen (secondary N) is 2. The Labute approximate surface area is 173 Å². The largest absolute Gasteiger partial charge is 0.378 e.